The molecule has 0 heterocycles. The Labute approximate surface area is 204 Å². The third kappa shape index (κ3) is 13.4. The van der Waals surface area contributed by atoms with Gasteiger partial charge >= 0.3 is 11.9 Å². The summed E-state index contributed by atoms with van der Waals surface area (Å²) >= 11 is 1.52. The molecule has 0 aromatic heterocycles. The molecule has 0 radical (unpaired) electrons. The Morgan fingerprint density at radius 3 is 1.91 bits per heavy atom. The van der Waals surface area contributed by atoms with E-state index in [1.54, 1.807) is 13.8 Å². The van der Waals surface area contributed by atoms with Crippen LogP contribution in [0.2, 0.25) is 0 Å². The highest BCUT2D eigenvalue weighted by molar-refractivity contribution is 7.98. The molecule has 0 rings (SSSR count). The van der Waals surface area contributed by atoms with Gasteiger partial charge in [-0.1, -0.05) is 13.8 Å². The van der Waals surface area contributed by atoms with Crippen molar-refractivity contribution in [1.29, 1.82) is 0 Å². The van der Waals surface area contributed by atoms with Crippen molar-refractivity contribution >= 4 is 41.4 Å². The number of carbonyl (C=O) groups is 5. The fraction of sp³-hybridized carbons (Fsp3) is 0.762. The average molecular weight is 506 g/mol. The summed E-state index contributed by atoms with van der Waals surface area (Å²) in [6, 6.07) is -4.66. The summed E-state index contributed by atoms with van der Waals surface area (Å²) in [5.41, 5.74) is 11.4. The molecule has 13 heteroatoms. The van der Waals surface area contributed by atoms with Gasteiger partial charge in [-0.25, -0.2) is 4.79 Å². The van der Waals surface area contributed by atoms with Gasteiger partial charge in [-0.15, -0.1) is 0 Å². The number of aliphatic carboxylic acids is 2. The van der Waals surface area contributed by atoms with E-state index in [1.807, 2.05) is 6.26 Å². The summed E-state index contributed by atoms with van der Waals surface area (Å²) in [7, 11) is 0. The molecular weight excluding hydrogens is 466 g/mol. The zero-order valence-corrected chi connectivity index (χ0v) is 20.9. The van der Waals surface area contributed by atoms with E-state index >= 15 is 0 Å². The SMILES string of the molecule is CSCCC(N)C(=O)NC(CCCCN)C(=O)NC(CC(=O)O)C(=O)NC(CC(C)C)C(=O)O. The Kier molecular flexibility index (Phi) is 15.9. The van der Waals surface area contributed by atoms with Crippen LogP contribution >= 0.6 is 11.8 Å². The van der Waals surface area contributed by atoms with E-state index in [-0.39, 0.29) is 18.8 Å². The van der Waals surface area contributed by atoms with Crippen molar-refractivity contribution in [3.8, 4) is 0 Å². The monoisotopic (exact) mass is 505 g/mol. The Morgan fingerprint density at radius 1 is 0.853 bits per heavy atom. The van der Waals surface area contributed by atoms with E-state index in [1.165, 1.54) is 11.8 Å². The second-order valence-corrected chi connectivity index (χ2v) is 9.41. The predicted molar refractivity (Wildman–Crippen MR) is 129 cm³/mol. The zero-order chi connectivity index (χ0) is 26.3. The third-order valence-electron chi connectivity index (χ3n) is 4.88. The summed E-state index contributed by atoms with van der Waals surface area (Å²) in [5, 5.41) is 25.7. The van der Waals surface area contributed by atoms with Gasteiger partial charge in [-0.3, -0.25) is 19.2 Å². The summed E-state index contributed by atoms with van der Waals surface area (Å²) in [4.78, 5) is 60.8. The van der Waals surface area contributed by atoms with Gasteiger partial charge in [-0.05, 0) is 56.6 Å². The maximum atomic E-state index is 12.9. The fourth-order valence-electron chi connectivity index (χ4n) is 3.04. The molecule has 34 heavy (non-hydrogen) atoms. The maximum absolute atomic E-state index is 12.9. The molecule has 0 bridgehead atoms. The number of nitrogens with two attached hydrogens (primary N) is 2. The molecule has 12 nitrogen and oxygen atoms in total. The molecular formula is C21H39N5O7S. The second-order valence-electron chi connectivity index (χ2n) is 8.42. The first kappa shape index (κ1) is 31.6. The van der Waals surface area contributed by atoms with Crippen LogP contribution in [0.25, 0.3) is 0 Å². The van der Waals surface area contributed by atoms with E-state index in [0.29, 0.717) is 31.6 Å². The number of carboxylic acid groups (broad SMARTS) is 2. The average Bonchev–Trinajstić information content (AvgIpc) is 2.74. The molecule has 4 atom stereocenters. The lowest BCUT2D eigenvalue weighted by Gasteiger charge is -2.25. The van der Waals surface area contributed by atoms with E-state index in [4.69, 9.17) is 11.5 Å². The number of rotatable bonds is 18. The van der Waals surface area contributed by atoms with Crippen LogP contribution in [0.4, 0.5) is 0 Å². The zero-order valence-electron chi connectivity index (χ0n) is 20.0. The standard InChI is InChI=1S/C21H39N5O7S/c1-12(2)10-16(21(32)33)26-20(31)15(11-17(27)28)25-19(30)14(6-4-5-8-22)24-18(29)13(23)7-9-34-3/h12-16H,4-11,22-23H2,1-3H3,(H,24,29)(H,25,30)(H,26,31)(H,27,28)(H,32,33). The molecule has 9 N–H and O–H groups in total. The van der Waals surface area contributed by atoms with Gasteiger partial charge in [0, 0.05) is 0 Å². The number of nitrogens with one attached hydrogen (secondary N) is 3. The van der Waals surface area contributed by atoms with Gasteiger partial charge in [0.2, 0.25) is 17.7 Å². The first-order valence-corrected chi connectivity index (χ1v) is 12.6. The molecule has 0 fully saturated rings. The van der Waals surface area contributed by atoms with Gasteiger partial charge in [-0.2, -0.15) is 11.8 Å². The molecule has 0 spiro atoms. The summed E-state index contributed by atoms with van der Waals surface area (Å²) in [6.45, 7) is 3.93. The molecule has 4 unspecified atom stereocenters. The molecule has 3 amide bonds. The van der Waals surface area contributed by atoms with Crippen LogP contribution in [-0.4, -0.2) is 82.6 Å². The van der Waals surface area contributed by atoms with E-state index in [2.05, 4.69) is 16.0 Å². The van der Waals surface area contributed by atoms with Crippen molar-refractivity contribution in [2.75, 3.05) is 18.6 Å². The first-order valence-electron chi connectivity index (χ1n) is 11.2. The minimum atomic E-state index is -1.53. The lowest BCUT2D eigenvalue weighted by atomic mass is 10.0. The Bertz CT molecular complexity index is 692. The third-order valence-corrected chi connectivity index (χ3v) is 5.53. The molecule has 0 saturated carbocycles. The number of amides is 3. The quantitative estimate of drug-likeness (QED) is 0.116. The van der Waals surface area contributed by atoms with E-state index in [0.717, 1.165) is 0 Å². The molecule has 0 saturated heterocycles. The van der Waals surface area contributed by atoms with E-state index < -0.39 is 60.2 Å². The van der Waals surface area contributed by atoms with Gasteiger partial charge in [0.25, 0.3) is 0 Å². The topological polar surface area (TPSA) is 214 Å². The highest BCUT2D eigenvalue weighted by Crippen LogP contribution is 2.08. The van der Waals surface area contributed by atoms with Crippen molar-refractivity contribution in [2.24, 2.45) is 17.4 Å². The Hall–Kier alpha value is -2.38. The number of unbranched alkanes of at least 4 members (excludes halogenated alkanes) is 1. The summed E-state index contributed by atoms with van der Waals surface area (Å²) in [5.74, 6) is -4.27. The van der Waals surface area contributed by atoms with Crippen LogP contribution < -0.4 is 27.4 Å². The lowest BCUT2D eigenvalue weighted by Crippen LogP contribution is -2.57. The smallest absolute Gasteiger partial charge is 0.326 e. The maximum Gasteiger partial charge on any atom is 0.326 e. The van der Waals surface area contributed by atoms with Crippen LogP contribution in [0.1, 0.15) is 52.4 Å². The highest BCUT2D eigenvalue weighted by atomic mass is 32.2. The first-order chi connectivity index (χ1) is 15.9. The van der Waals surface area contributed by atoms with Gasteiger partial charge in [0.1, 0.15) is 18.1 Å². The van der Waals surface area contributed by atoms with Crippen molar-refractivity contribution < 1.29 is 34.2 Å². The van der Waals surface area contributed by atoms with Crippen molar-refractivity contribution in [3.05, 3.63) is 0 Å². The molecule has 0 aliphatic heterocycles. The van der Waals surface area contributed by atoms with Crippen LogP contribution in [0, 0.1) is 5.92 Å². The molecule has 0 aliphatic rings. The van der Waals surface area contributed by atoms with Gasteiger partial charge in [0.15, 0.2) is 0 Å². The van der Waals surface area contributed by atoms with Crippen LogP contribution in [0.3, 0.4) is 0 Å². The summed E-state index contributed by atoms with van der Waals surface area (Å²) in [6.07, 6.45) is 2.93. The van der Waals surface area contributed by atoms with Crippen molar-refractivity contribution in [3.63, 3.8) is 0 Å². The minimum Gasteiger partial charge on any atom is -0.481 e. The molecule has 0 aromatic carbocycles. The highest BCUT2D eigenvalue weighted by Gasteiger charge is 2.31. The molecule has 0 aromatic rings. The van der Waals surface area contributed by atoms with E-state index in [9.17, 15) is 34.2 Å². The van der Waals surface area contributed by atoms with Crippen LogP contribution in [-0.2, 0) is 24.0 Å². The lowest BCUT2D eigenvalue weighted by molar-refractivity contribution is -0.144. The minimum absolute atomic E-state index is 0.0497. The number of hydrogen-bond acceptors (Lipinski definition) is 8. The molecule has 196 valence electrons. The van der Waals surface area contributed by atoms with Crippen LogP contribution in [0.15, 0.2) is 0 Å². The largest absolute Gasteiger partial charge is 0.481 e. The fourth-order valence-corrected chi connectivity index (χ4v) is 3.53. The predicted octanol–water partition coefficient (Wildman–Crippen LogP) is -0.744. The number of hydrogen-bond donors (Lipinski definition) is 7. The number of carbonyl (C=O) groups excluding carboxylic acids is 3. The van der Waals surface area contributed by atoms with Crippen LogP contribution in [0.5, 0.6) is 0 Å². The van der Waals surface area contributed by atoms with Gasteiger partial charge < -0.3 is 37.6 Å². The van der Waals surface area contributed by atoms with Crippen molar-refractivity contribution in [2.45, 2.75) is 76.5 Å². The molecule has 0 aliphatic carbocycles. The Balaban J connectivity index is 5.48. The Morgan fingerprint density at radius 2 is 1.41 bits per heavy atom. The summed E-state index contributed by atoms with van der Waals surface area (Å²) < 4.78 is 0. The number of thioether (sulfide) groups is 1. The number of carboxylic acids is 2. The second kappa shape index (κ2) is 17.1. The van der Waals surface area contributed by atoms with Gasteiger partial charge in [0.05, 0.1) is 12.5 Å². The normalized spacial score (nSPS) is 14.5. The van der Waals surface area contributed by atoms with Crippen molar-refractivity contribution in [1.82, 2.24) is 16.0 Å².